The Balaban J connectivity index is 2.03. The first kappa shape index (κ1) is 14.5. The van der Waals surface area contributed by atoms with E-state index in [0.717, 1.165) is 13.1 Å². The van der Waals surface area contributed by atoms with Crippen molar-refractivity contribution >= 4 is 17.5 Å². The molecular formula is C13H20N4O3. The zero-order chi connectivity index (χ0) is 14.5. The molecule has 1 saturated heterocycles. The van der Waals surface area contributed by atoms with Gasteiger partial charge in [-0.05, 0) is 13.1 Å². The number of carbonyl (C=O) groups excluding carboxylic acids is 1. The van der Waals surface area contributed by atoms with Crippen molar-refractivity contribution in [2.75, 3.05) is 51.4 Å². The van der Waals surface area contributed by atoms with Gasteiger partial charge < -0.3 is 25.4 Å². The van der Waals surface area contributed by atoms with E-state index in [4.69, 9.17) is 15.2 Å². The van der Waals surface area contributed by atoms with Crippen LogP contribution in [-0.2, 0) is 9.47 Å². The fourth-order valence-electron chi connectivity index (χ4n) is 2.09. The number of hydrogen-bond acceptors (Lipinski definition) is 7. The average Bonchev–Trinajstić information content (AvgIpc) is 2.45. The maximum Gasteiger partial charge on any atom is 0.341 e. The van der Waals surface area contributed by atoms with Gasteiger partial charge in [0.15, 0.2) is 0 Å². The molecule has 1 unspecified atom stereocenters. The third-order valence-electron chi connectivity index (χ3n) is 3.15. The first-order valence-corrected chi connectivity index (χ1v) is 6.48. The summed E-state index contributed by atoms with van der Waals surface area (Å²) in [6.45, 7) is 3.06. The minimum atomic E-state index is -0.464. The Morgan fingerprint density at radius 3 is 3.20 bits per heavy atom. The molecule has 1 aliphatic heterocycles. The van der Waals surface area contributed by atoms with Crippen LogP contribution < -0.4 is 11.1 Å². The van der Waals surface area contributed by atoms with Gasteiger partial charge in [-0.2, -0.15) is 0 Å². The first-order valence-electron chi connectivity index (χ1n) is 6.48. The number of morpholine rings is 1. The number of nitrogens with two attached hydrogens (primary N) is 1. The number of pyridine rings is 1. The van der Waals surface area contributed by atoms with E-state index in [-0.39, 0.29) is 6.10 Å². The zero-order valence-corrected chi connectivity index (χ0v) is 11.8. The van der Waals surface area contributed by atoms with Crippen molar-refractivity contribution in [2.45, 2.75) is 6.10 Å². The van der Waals surface area contributed by atoms with E-state index >= 15 is 0 Å². The highest BCUT2D eigenvalue weighted by atomic mass is 16.5. The molecule has 0 radical (unpaired) electrons. The Kier molecular flexibility index (Phi) is 4.75. The Bertz CT molecular complexity index is 481. The van der Waals surface area contributed by atoms with Crippen LogP contribution in [0.1, 0.15) is 10.4 Å². The van der Waals surface area contributed by atoms with Gasteiger partial charge in [-0.25, -0.2) is 9.78 Å². The van der Waals surface area contributed by atoms with E-state index in [0.29, 0.717) is 30.2 Å². The molecule has 0 spiro atoms. The quantitative estimate of drug-likeness (QED) is 0.761. The standard InChI is InChI=1S/C13H20N4O3/c1-17-3-4-20-10(8-17)7-16-12-11(13(18)19-2)5-9(14)6-15-12/h5-6,10H,3-4,7-8,14H2,1-2H3,(H,15,16). The monoisotopic (exact) mass is 280 g/mol. The Labute approximate surface area is 118 Å². The van der Waals surface area contributed by atoms with Crippen LogP contribution in [0, 0.1) is 0 Å². The Morgan fingerprint density at radius 1 is 1.70 bits per heavy atom. The smallest absolute Gasteiger partial charge is 0.341 e. The second-order valence-corrected chi connectivity index (χ2v) is 4.79. The maximum absolute atomic E-state index is 11.7. The maximum atomic E-state index is 11.7. The molecule has 7 heteroatoms. The number of aromatic nitrogens is 1. The van der Waals surface area contributed by atoms with Gasteiger partial charge in [-0.3, -0.25) is 0 Å². The second-order valence-electron chi connectivity index (χ2n) is 4.79. The van der Waals surface area contributed by atoms with Crippen LogP contribution in [0.2, 0.25) is 0 Å². The van der Waals surface area contributed by atoms with Crippen molar-refractivity contribution in [1.82, 2.24) is 9.88 Å². The number of hydrogen-bond donors (Lipinski definition) is 2. The number of ether oxygens (including phenoxy) is 2. The molecule has 1 atom stereocenters. The zero-order valence-electron chi connectivity index (χ0n) is 11.8. The summed E-state index contributed by atoms with van der Waals surface area (Å²) in [6, 6.07) is 1.55. The van der Waals surface area contributed by atoms with Crippen LogP contribution in [0.15, 0.2) is 12.3 Å². The first-order chi connectivity index (χ1) is 9.60. The van der Waals surface area contributed by atoms with Gasteiger partial charge in [-0.15, -0.1) is 0 Å². The predicted molar refractivity (Wildman–Crippen MR) is 75.7 cm³/mol. The number of anilines is 2. The lowest BCUT2D eigenvalue weighted by atomic mass is 10.2. The third-order valence-corrected chi connectivity index (χ3v) is 3.15. The van der Waals surface area contributed by atoms with Gasteiger partial charge in [0.25, 0.3) is 0 Å². The van der Waals surface area contributed by atoms with Crippen molar-refractivity contribution in [3.05, 3.63) is 17.8 Å². The molecule has 0 bridgehead atoms. The van der Waals surface area contributed by atoms with E-state index in [1.807, 2.05) is 0 Å². The van der Waals surface area contributed by atoms with Crippen LogP contribution in [0.5, 0.6) is 0 Å². The van der Waals surface area contributed by atoms with E-state index in [1.54, 1.807) is 6.07 Å². The fourth-order valence-corrected chi connectivity index (χ4v) is 2.09. The van der Waals surface area contributed by atoms with Gasteiger partial charge in [0.05, 0.1) is 31.7 Å². The SMILES string of the molecule is COC(=O)c1cc(N)cnc1NCC1CN(C)CCO1. The molecule has 3 N–H and O–H groups in total. The average molecular weight is 280 g/mol. The normalized spacial score (nSPS) is 19.6. The van der Waals surface area contributed by atoms with Gasteiger partial charge in [0, 0.05) is 19.6 Å². The summed E-state index contributed by atoms with van der Waals surface area (Å²) in [4.78, 5) is 18.0. The molecule has 110 valence electrons. The van der Waals surface area contributed by atoms with E-state index in [2.05, 4.69) is 22.2 Å². The summed E-state index contributed by atoms with van der Waals surface area (Å²) in [5, 5.41) is 3.13. The number of nitrogens with zero attached hydrogens (tertiary/aromatic N) is 2. The summed E-state index contributed by atoms with van der Waals surface area (Å²) in [5.74, 6) is -0.00291. The summed E-state index contributed by atoms with van der Waals surface area (Å²) in [5.41, 5.74) is 6.40. The fraction of sp³-hybridized carbons (Fsp3) is 0.538. The molecule has 1 fully saturated rings. The van der Waals surface area contributed by atoms with Crippen LogP contribution in [-0.4, -0.2) is 62.4 Å². The largest absolute Gasteiger partial charge is 0.465 e. The minimum Gasteiger partial charge on any atom is -0.465 e. The summed E-state index contributed by atoms with van der Waals surface area (Å²) in [7, 11) is 3.38. The molecule has 1 aromatic rings. The lowest BCUT2D eigenvalue weighted by molar-refractivity contribution is -0.0117. The van der Waals surface area contributed by atoms with E-state index in [1.165, 1.54) is 13.3 Å². The predicted octanol–water partition coefficient (Wildman–Crippen LogP) is 0.193. The highest BCUT2D eigenvalue weighted by Crippen LogP contribution is 2.17. The Morgan fingerprint density at radius 2 is 2.50 bits per heavy atom. The lowest BCUT2D eigenvalue weighted by Crippen LogP contribution is -2.43. The number of nitrogen functional groups attached to an aromatic ring is 1. The van der Waals surface area contributed by atoms with Crippen molar-refractivity contribution in [2.24, 2.45) is 0 Å². The number of carbonyl (C=O) groups is 1. The van der Waals surface area contributed by atoms with E-state index < -0.39 is 5.97 Å². The molecular weight excluding hydrogens is 260 g/mol. The van der Waals surface area contributed by atoms with E-state index in [9.17, 15) is 4.79 Å². The highest BCUT2D eigenvalue weighted by molar-refractivity contribution is 5.95. The van der Waals surface area contributed by atoms with Crippen LogP contribution in [0.25, 0.3) is 0 Å². The Hall–Kier alpha value is -1.86. The molecule has 0 amide bonds. The number of rotatable bonds is 4. The number of esters is 1. The molecule has 0 aromatic carbocycles. The minimum absolute atomic E-state index is 0.0681. The molecule has 1 aromatic heterocycles. The van der Waals surface area contributed by atoms with Gasteiger partial charge >= 0.3 is 5.97 Å². The molecule has 0 aliphatic carbocycles. The molecule has 2 rings (SSSR count). The molecule has 1 aliphatic rings. The lowest BCUT2D eigenvalue weighted by Gasteiger charge is -2.30. The van der Waals surface area contributed by atoms with Gasteiger partial charge in [-0.1, -0.05) is 0 Å². The number of nitrogens with one attached hydrogen (secondary N) is 1. The van der Waals surface area contributed by atoms with Crippen molar-refractivity contribution in [1.29, 1.82) is 0 Å². The number of likely N-dealkylation sites (N-methyl/N-ethyl adjacent to an activating group) is 1. The number of methoxy groups -OCH3 is 1. The van der Waals surface area contributed by atoms with Crippen molar-refractivity contribution < 1.29 is 14.3 Å². The van der Waals surface area contributed by atoms with Crippen LogP contribution >= 0.6 is 0 Å². The third kappa shape index (κ3) is 3.58. The highest BCUT2D eigenvalue weighted by Gasteiger charge is 2.19. The summed E-state index contributed by atoms with van der Waals surface area (Å²) >= 11 is 0. The summed E-state index contributed by atoms with van der Waals surface area (Å²) in [6.07, 6.45) is 1.57. The van der Waals surface area contributed by atoms with Crippen LogP contribution in [0.4, 0.5) is 11.5 Å². The van der Waals surface area contributed by atoms with Crippen molar-refractivity contribution in [3.63, 3.8) is 0 Å². The van der Waals surface area contributed by atoms with Gasteiger partial charge in [0.2, 0.25) is 0 Å². The topological polar surface area (TPSA) is 89.7 Å². The molecule has 7 nitrogen and oxygen atoms in total. The molecule has 2 heterocycles. The molecule has 0 saturated carbocycles. The summed E-state index contributed by atoms with van der Waals surface area (Å²) < 4.78 is 10.4. The van der Waals surface area contributed by atoms with Gasteiger partial charge in [0.1, 0.15) is 11.4 Å². The molecule has 20 heavy (non-hydrogen) atoms. The second kappa shape index (κ2) is 6.53. The van der Waals surface area contributed by atoms with Crippen LogP contribution in [0.3, 0.4) is 0 Å². The van der Waals surface area contributed by atoms with Crippen molar-refractivity contribution in [3.8, 4) is 0 Å².